The van der Waals surface area contributed by atoms with Crippen molar-refractivity contribution >= 4 is 22.7 Å². The highest BCUT2D eigenvalue weighted by molar-refractivity contribution is 7.10. The Kier molecular flexibility index (Phi) is 7.37. The molecule has 0 bridgehead atoms. The number of hydrogen-bond donors (Lipinski definition) is 0. The second kappa shape index (κ2) is 11.6. The van der Waals surface area contributed by atoms with Crippen LogP contribution in [0.4, 0.5) is 11.4 Å². The van der Waals surface area contributed by atoms with Crippen LogP contribution >= 0.6 is 11.3 Å². The third-order valence-electron chi connectivity index (χ3n) is 7.68. The van der Waals surface area contributed by atoms with E-state index >= 15 is 0 Å². The molecule has 11 heteroatoms. The highest BCUT2D eigenvalue weighted by atomic mass is 32.1. The lowest BCUT2D eigenvalue weighted by Crippen LogP contribution is -2.46. The van der Waals surface area contributed by atoms with Crippen molar-refractivity contribution in [2.24, 2.45) is 0 Å². The summed E-state index contributed by atoms with van der Waals surface area (Å²) in [5.74, 6) is -0.0712. The summed E-state index contributed by atoms with van der Waals surface area (Å²) in [4.78, 5) is 9.93. The fraction of sp³-hybridized carbons (Fsp3) is 0.323. The molecule has 42 heavy (non-hydrogen) atoms. The first-order valence-corrected chi connectivity index (χ1v) is 15.0. The summed E-state index contributed by atoms with van der Waals surface area (Å²) >= 11 is 1.61. The molecule has 0 spiro atoms. The maximum atomic E-state index is 6.44. The van der Waals surface area contributed by atoms with Crippen LogP contribution in [0.2, 0.25) is 0 Å². The molecule has 2 aromatic carbocycles. The molecule has 0 aliphatic carbocycles. The van der Waals surface area contributed by atoms with Gasteiger partial charge in [0.1, 0.15) is 37.7 Å². The van der Waals surface area contributed by atoms with Gasteiger partial charge in [-0.3, -0.25) is 0 Å². The van der Waals surface area contributed by atoms with Crippen molar-refractivity contribution in [1.82, 2.24) is 24.5 Å². The fourth-order valence-corrected chi connectivity index (χ4v) is 6.32. The second-order valence-electron chi connectivity index (χ2n) is 10.6. The highest BCUT2D eigenvalue weighted by Gasteiger charge is 2.45. The van der Waals surface area contributed by atoms with E-state index in [9.17, 15) is 0 Å². The van der Waals surface area contributed by atoms with E-state index in [0.717, 1.165) is 48.1 Å². The fourth-order valence-electron chi connectivity index (χ4n) is 5.51. The summed E-state index contributed by atoms with van der Waals surface area (Å²) in [6, 6.07) is 21.0. The molecule has 2 atom stereocenters. The van der Waals surface area contributed by atoms with Crippen molar-refractivity contribution in [2.75, 3.05) is 49.2 Å². The number of aromatic nitrogens is 5. The summed E-state index contributed by atoms with van der Waals surface area (Å²) in [5.41, 5.74) is 4.67. The summed E-state index contributed by atoms with van der Waals surface area (Å²) in [6.45, 7) is 7.16. The molecule has 0 radical (unpaired) electrons. The number of ether oxygens (including phenoxy) is 3. The molecular formula is C31H33N7O3S. The van der Waals surface area contributed by atoms with E-state index in [-0.39, 0.29) is 6.10 Å². The van der Waals surface area contributed by atoms with Crippen molar-refractivity contribution in [3.8, 4) is 11.4 Å². The first-order valence-electron chi connectivity index (χ1n) is 14.2. The van der Waals surface area contributed by atoms with E-state index in [1.165, 1.54) is 17.7 Å². The summed E-state index contributed by atoms with van der Waals surface area (Å²) in [6.07, 6.45) is 6.94. The molecule has 5 heterocycles. The maximum absolute atomic E-state index is 6.44. The lowest BCUT2D eigenvalue weighted by molar-refractivity contribution is -0.188. The molecule has 216 valence electrons. The Labute approximate surface area is 248 Å². The smallest absolute Gasteiger partial charge is 0.225 e. The van der Waals surface area contributed by atoms with Crippen LogP contribution in [0.15, 0.2) is 91.1 Å². The number of hydrogen-bond acceptors (Lipinski definition) is 9. The zero-order valence-corrected chi connectivity index (χ0v) is 24.3. The molecule has 2 saturated heterocycles. The Morgan fingerprint density at radius 2 is 1.76 bits per heavy atom. The molecule has 2 aliphatic rings. The average molecular weight is 584 g/mol. The molecule has 10 nitrogen and oxygen atoms in total. The Morgan fingerprint density at radius 1 is 0.952 bits per heavy atom. The molecule has 2 unspecified atom stereocenters. The van der Waals surface area contributed by atoms with Gasteiger partial charge >= 0.3 is 0 Å². The molecule has 5 aromatic rings. The Balaban J connectivity index is 0.926. The van der Waals surface area contributed by atoms with Crippen LogP contribution in [0.1, 0.15) is 10.4 Å². The zero-order chi connectivity index (χ0) is 28.4. The first kappa shape index (κ1) is 26.7. The zero-order valence-electron chi connectivity index (χ0n) is 23.5. The third kappa shape index (κ3) is 5.63. The van der Waals surface area contributed by atoms with Gasteiger partial charge in [-0.1, -0.05) is 12.1 Å². The highest BCUT2D eigenvalue weighted by Crippen LogP contribution is 2.38. The quantitative estimate of drug-likeness (QED) is 0.251. The normalized spacial score (nSPS) is 20.7. The average Bonchev–Trinajstić information content (AvgIpc) is 3.86. The van der Waals surface area contributed by atoms with E-state index < -0.39 is 5.79 Å². The minimum Gasteiger partial charge on any atom is -0.491 e. The van der Waals surface area contributed by atoms with Crippen LogP contribution in [0.3, 0.4) is 0 Å². The van der Waals surface area contributed by atoms with Crippen molar-refractivity contribution in [1.29, 1.82) is 0 Å². The maximum Gasteiger partial charge on any atom is 0.225 e. The van der Waals surface area contributed by atoms with Crippen molar-refractivity contribution in [2.45, 2.75) is 25.4 Å². The molecule has 0 amide bonds. The minimum absolute atomic E-state index is 0.195. The molecule has 2 fully saturated rings. The number of thiophene rings is 1. The molecule has 7 rings (SSSR count). The standard InChI is InChI=1S/C31H33N7O3S/c1-24-17-33-38(18-24)27-5-2-4-26(16-27)36-13-11-35(12-14-36)25-7-9-28(10-8-25)39-19-29-20-40-31(41-29,30-6-3-15-42-30)21-37-23-32-22-34-37/h2-10,15-18,22-23,29H,11-14,19-21H2,1H3. The Hall–Kier alpha value is -4.19. The van der Waals surface area contributed by atoms with Gasteiger partial charge in [-0.25, -0.2) is 14.3 Å². The number of nitrogens with zero attached hydrogens (tertiary/aromatic N) is 7. The first-order chi connectivity index (χ1) is 20.6. The molecular weight excluding hydrogens is 550 g/mol. The van der Waals surface area contributed by atoms with Crippen LogP contribution < -0.4 is 14.5 Å². The van der Waals surface area contributed by atoms with Gasteiger partial charge in [0, 0.05) is 43.8 Å². The van der Waals surface area contributed by atoms with E-state index in [4.69, 9.17) is 14.2 Å². The predicted octanol–water partition coefficient (Wildman–Crippen LogP) is 4.51. The molecule has 0 N–H and O–H groups in total. The van der Waals surface area contributed by atoms with Crippen LogP contribution in [0.5, 0.6) is 5.75 Å². The SMILES string of the molecule is Cc1cnn(-c2cccc(N3CCN(c4ccc(OCC5COC(Cn6cncn6)(c6cccs6)O5)cc4)CC3)c2)c1. The van der Waals surface area contributed by atoms with E-state index in [0.29, 0.717) is 19.8 Å². The van der Waals surface area contributed by atoms with E-state index in [1.807, 2.05) is 40.5 Å². The Morgan fingerprint density at radius 3 is 2.48 bits per heavy atom. The summed E-state index contributed by atoms with van der Waals surface area (Å²) < 4.78 is 22.5. The van der Waals surface area contributed by atoms with Crippen LogP contribution in [-0.2, 0) is 21.8 Å². The van der Waals surface area contributed by atoms with Crippen LogP contribution in [0, 0.1) is 6.92 Å². The van der Waals surface area contributed by atoms with E-state index in [1.54, 1.807) is 22.3 Å². The topological polar surface area (TPSA) is 82.7 Å². The molecule has 0 saturated carbocycles. The van der Waals surface area contributed by atoms with Crippen LogP contribution in [0.25, 0.3) is 5.69 Å². The van der Waals surface area contributed by atoms with E-state index in [2.05, 4.69) is 74.5 Å². The van der Waals surface area contributed by atoms with Gasteiger partial charge in [0.15, 0.2) is 0 Å². The number of aryl methyl sites for hydroxylation is 1. The van der Waals surface area contributed by atoms with Crippen molar-refractivity contribution < 1.29 is 14.2 Å². The molecule has 3 aromatic heterocycles. The minimum atomic E-state index is -0.887. The number of piperazine rings is 1. The van der Waals surface area contributed by atoms with Crippen molar-refractivity contribution in [3.63, 3.8) is 0 Å². The van der Waals surface area contributed by atoms with Gasteiger partial charge in [-0.15, -0.1) is 11.3 Å². The van der Waals surface area contributed by atoms with Gasteiger partial charge in [0.25, 0.3) is 0 Å². The summed E-state index contributed by atoms with van der Waals surface area (Å²) in [7, 11) is 0. The van der Waals surface area contributed by atoms with Gasteiger partial charge in [0.2, 0.25) is 5.79 Å². The van der Waals surface area contributed by atoms with Crippen molar-refractivity contribution in [3.05, 3.63) is 102 Å². The largest absolute Gasteiger partial charge is 0.491 e. The van der Waals surface area contributed by atoms with Gasteiger partial charge in [-0.05, 0) is 66.4 Å². The van der Waals surface area contributed by atoms with Gasteiger partial charge in [-0.2, -0.15) is 10.2 Å². The predicted molar refractivity (Wildman–Crippen MR) is 162 cm³/mol. The lowest BCUT2D eigenvalue weighted by atomic mass is 10.2. The summed E-state index contributed by atoms with van der Waals surface area (Å²) in [5, 5.41) is 10.7. The number of benzene rings is 2. The molecule has 2 aliphatic heterocycles. The lowest BCUT2D eigenvalue weighted by Gasteiger charge is -2.37. The van der Waals surface area contributed by atoms with Crippen LogP contribution in [-0.4, -0.2) is 70.0 Å². The van der Waals surface area contributed by atoms with Gasteiger partial charge < -0.3 is 24.0 Å². The van der Waals surface area contributed by atoms with Gasteiger partial charge in [0.05, 0.1) is 23.4 Å². The Bertz CT molecular complexity index is 1580. The number of rotatable bonds is 9. The monoisotopic (exact) mass is 583 g/mol. The second-order valence-corrected chi connectivity index (χ2v) is 11.6. The third-order valence-corrected chi connectivity index (χ3v) is 8.68. The number of anilines is 2.